The molecule has 1 unspecified atom stereocenters. The standard InChI is InChI=1S/C17H18O3/c1-18-14-5-3-4-12(10-14)16-8-6-13-11-15(19-2)7-9-17(13)20-16/h3-5,7,9-11,16H,6,8H2,1-2H3. The third-order valence-corrected chi connectivity index (χ3v) is 3.68. The normalized spacial score (nSPS) is 17.0. The minimum absolute atomic E-state index is 0.0889. The van der Waals surface area contributed by atoms with Crippen LogP contribution in [0.4, 0.5) is 0 Å². The highest BCUT2D eigenvalue weighted by atomic mass is 16.5. The second-order valence-corrected chi connectivity index (χ2v) is 4.90. The third-order valence-electron chi connectivity index (χ3n) is 3.68. The van der Waals surface area contributed by atoms with Crippen molar-refractivity contribution >= 4 is 0 Å². The molecule has 0 radical (unpaired) electrons. The molecular weight excluding hydrogens is 252 g/mol. The van der Waals surface area contributed by atoms with E-state index in [2.05, 4.69) is 12.1 Å². The van der Waals surface area contributed by atoms with Gasteiger partial charge in [-0.25, -0.2) is 0 Å². The monoisotopic (exact) mass is 270 g/mol. The van der Waals surface area contributed by atoms with Crippen molar-refractivity contribution in [2.75, 3.05) is 14.2 Å². The summed E-state index contributed by atoms with van der Waals surface area (Å²) in [6, 6.07) is 14.1. The van der Waals surface area contributed by atoms with Gasteiger partial charge in [0.1, 0.15) is 23.4 Å². The Labute approximate surface area is 119 Å². The molecule has 1 aliphatic heterocycles. The van der Waals surface area contributed by atoms with Crippen molar-refractivity contribution in [2.45, 2.75) is 18.9 Å². The zero-order valence-electron chi connectivity index (χ0n) is 11.8. The summed E-state index contributed by atoms with van der Waals surface area (Å²) in [7, 11) is 3.37. The molecule has 1 heterocycles. The molecule has 3 rings (SSSR count). The lowest BCUT2D eigenvalue weighted by Crippen LogP contribution is -2.15. The van der Waals surface area contributed by atoms with Crippen molar-refractivity contribution in [1.29, 1.82) is 0 Å². The molecule has 0 amide bonds. The largest absolute Gasteiger partial charge is 0.497 e. The lowest BCUT2D eigenvalue weighted by molar-refractivity contribution is 0.176. The summed E-state index contributed by atoms with van der Waals surface area (Å²) >= 11 is 0. The Morgan fingerprint density at radius 2 is 1.80 bits per heavy atom. The van der Waals surface area contributed by atoms with Crippen LogP contribution in [0.2, 0.25) is 0 Å². The van der Waals surface area contributed by atoms with Gasteiger partial charge in [0.25, 0.3) is 0 Å². The van der Waals surface area contributed by atoms with Crippen molar-refractivity contribution < 1.29 is 14.2 Å². The van der Waals surface area contributed by atoms with Crippen LogP contribution in [-0.4, -0.2) is 14.2 Å². The molecule has 0 spiro atoms. The summed E-state index contributed by atoms with van der Waals surface area (Å²) in [6.07, 6.45) is 2.05. The summed E-state index contributed by atoms with van der Waals surface area (Å²) < 4.78 is 16.6. The van der Waals surface area contributed by atoms with Gasteiger partial charge in [0.05, 0.1) is 14.2 Å². The highest BCUT2D eigenvalue weighted by molar-refractivity contribution is 5.42. The summed E-state index contributed by atoms with van der Waals surface area (Å²) in [4.78, 5) is 0. The smallest absolute Gasteiger partial charge is 0.124 e. The molecule has 2 aromatic rings. The van der Waals surface area contributed by atoms with E-state index in [1.165, 1.54) is 5.56 Å². The summed E-state index contributed by atoms with van der Waals surface area (Å²) in [6.45, 7) is 0. The average Bonchev–Trinajstić information content (AvgIpc) is 2.54. The Morgan fingerprint density at radius 1 is 1.00 bits per heavy atom. The van der Waals surface area contributed by atoms with Crippen LogP contribution in [0.25, 0.3) is 0 Å². The average molecular weight is 270 g/mol. The SMILES string of the molecule is COc1cccc(C2CCc3cc(OC)ccc3O2)c1. The molecule has 1 aliphatic rings. The Morgan fingerprint density at radius 3 is 2.60 bits per heavy atom. The maximum atomic E-state index is 6.11. The molecule has 0 N–H and O–H groups in total. The van der Waals surface area contributed by atoms with E-state index in [0.29, 0.717) is 0 Å². The van der Waals surface area contributed by atoms with Crippen molar-refractivity contribution in [2.24, 2.45) is 0 Å². The fraction of sp³-hybridized carbons (Fsp3) is 0.294. The van der Waals surface area contributed by atoms with Crippen LogP contribution in [0, 0.1) is 0 Å². The number of rotatable bonds is 3. The van der Waals surface area contributed by atoms with Gasteiger partial charge in [0.15, 0.2) is 0 Å². The van der Waals surface area contributed by atoms with E-state index in [1.54, 1.807) is 14.2 Å². The number of benzene rings is 2. The second kappa shape index (κ2) is 5.45. The number of methoxy groups -OCH3 is 2. The third kappa shape index (κ3) is 2.44. The van der Waals surface area contributed by atoms with Gasteiger partial charge >= 0.3 is 0 Å². The quantitative estimate of drug-likeness (QED) is 0.849. The lowest BCUT2D eigenvalue weighted by atomic mass is 9.97. The van der Waals surface area contributed by atoms with Crippen LogP contribution in [0.5, 0.6) is 17.2 Å². The van der Waals surface area contributed by atoms with Gasteiger partial charge in [-0.1, -0.05) is 12.1 Å². The van der Waals surface area contributed by atoms with Crippen molar-refractivity contribution in [1.82, 2.24) is 0 Å². The fourth-order valence-electron chi connectivity index (χ4n) is 2.57. The Kier molecular flexibility index (Phi) is 3.50. The predicted octanol–water partition coefficient (Wildman–Crippen LogP) is 3.77. The molecule has 0 fully saturated rings. The molecule has 0 saturated heterocycles. The number of fused-ring (bicyclic) bond motifs is 1. The van der Waals surface area contributed by atoms with Gasteiger partial charge in [-0.3, -0.25) is 0 Å². The number of ether oxygens (including phenoxy) is 3. The molecule has 0 aliphatic carbocycles. The van der Waals surface area contributed by atoms with Crippen LogP contribution in [0.15, 0.2) is 42.5 Å². The molecule has 0 bridgehead atoms. The number of hydrogen-bond acceptors (Lipinski definition) is 3. The molecule has 104 valence electrons. The number of aryl methyl sites for hydroxylation is 1. The Hall–Kier alpha value is -2.16. The van der Waals surface area contributed by atoms with Crippen LogP contribution >= 0.6 is 0 Å². The minimum Gasteiger partial charge on any atom is -0.497 e. The second-order valence-electron chi connectivity index (χ2n) is 4.90. The topological polar surface area (TPSA) is 27.7 Å². The Bertz CT molecular complexity index is 607. The maximum absolute atomic E-state index is 6.11. The van der Waals surface area contributed by atoms with Gasteiger partial charge in [-0.15, -0.1) is 0 Å². The zero-order valence-corrected chi connectivity index (χ0v) is 11.8. The molecule has 3 heteroatoms. The maximum Gasteiger partial charge on any atom is 0.124 e. The molecule has 2 aromatic carbocycles. The van der Waals surface area contributed by atoms with E-state index in [-0.39, 0.29) is 6.10 Å². The minimum atomic E-state index is 0.0889. The summed E-state index contributed by atoms with van der Waals surface area (Å²) in [5.41, 5.74) is 2.37. The highest BCUT2D eigenvalue weighted by Gasteiger charge is 2.22. The van der Waals surface area contributed by atoms with E-state index in [0.717, 1.165) is 35.7 Å². The van der Waals surface area contributed by atoms with Crippen molar-refractivity contribution in [3.63, 3.8) is 0 Å². The first-order chi connectivity index (χ1) is 9.80. The van der Waals surface area contributed by atoms with Gasteiger partial charge in [-0.2, -0.15) is 0 Å². The van der Waals surface area contributed by atoms with Gasteiger partial charge in [-0.05, 0) is 54.3 Å². The molecule has 20 heavy (non-hydrogen) atoms. The Balaban J connectivity index is 1.84. The molecular formula is C17H18O3. The zero-order chi connectivity index (χ0) is 13.9. The van der Waals surface area contributed by atoms with E-state index in [9.17, 15) is 0 Å². The first kappa shape index (κ1) is 12.9. The molecule has 0 saturated carbocycles. The highest BCUT2D eigenvalue weighted by Crippen LogP contribution is 2.37. The molecule has 0 aromatic heterocycles. The van der Waals surface area contributed by atoms with Gasteiger partial charge < -0.3 is 14.2 Å². The van der Waals surface area contributed by atoms with Crippen molar-refractivity contribution in [3.05, 3.63) is 53.6 Å². The first-order valence-electron chi connectivity index (χ1n) is 6.77. The van der Waals surface area contributed by atoms with E-state index < -0.39 is 0 Å². The first-order valence-corrected chi connectivity index (χ1v) is 6.77. The van der Waals surface area contributed by atoms with Crippen LogP contribution in [-0.2, 0) is 6.42 Å². The van der Waals surface area contributed by atoms with Gasteiger partial charge in [0, 0.05) is 0 Å². The number of hydrogen-bond donors (Lipinski definition) is 0. The van der Waals surface area contributed by atoms with Gasteiger partial charge in [0.2, 0.25) is 0 Å². The van der Waals surface area contributed by atoms with Crippen LogP contribution in [0.1, 0.15) is 23.7 Å². The predicted molar refractivity (Wildman–Crippen MR) is 77.7 cm³/mol. The van der Waals surface area contributed by atoms with Crippen LogP contribution in [0.3, 0.4) is 0 Å². The van der Waals surface area contributed by atoms with E-state index >= 15 is 0 Å². The fourth-order valence-corrected chi connectivity index (χ4v) is 2.57. The summed E-state index contributed by atoms with van der Waals surface area (Å²) in [5.74, 6) is 2.70. The molecule has 1 atom stereocenters. The van der Waals surface area contributed by atoms with Crippen LogP contribution < -0.4 is 14.2 Å². The lowest BCUT2D eigenvalue weighted by Gasteiger charge is -2.27. The van der Waals surface area contributed by atoms with Crippen molar-refractivity contribution in [3.8, 4) is 17.2 Å². The molecule has 3 nitrogen and oxygen atoms in total. The van der Waals surface area contributed by atoms with E-state index in [4.69, 9.17) is 14.2 Å². The van der Waals surface area contributed by atoms with E-state index in [1.807, 2.05) is 30.3 Å². The summed E-state index contributed by atoms with van der Waals surface area (Å²) in [5, 5.41) is 0.